The zero-order valence-corrected chi connectivity index (χ0v) is 12.2. The van der Waals surface area contributed by atoms with Crippen molar-refractivity contribution in [3.8, 4) is 0 Å². The minimum absolute atomic E-state index is 0.0147. The third-order valence-corrected chi connectivity index (χ3v) is 3.08. The molecule has 22 heavy (non-hydrogen) atoms. The summed E-state index contributed by atoms with van der Waals surface area (Å²) in [6.45, 7) is 0.803. The van der Waals surface area contributed by atoms with E-state index in [1.165, 1.54) is 6.20 Å². The topological polar surface area (TPSA) is 99.8 Å². The molecule has 0 spiro atoms. The maximum absolute atomic E-state index is 11.7. The molecular weight excluding hydrogens is 282 g/mol. The molecule has 0 aliphatic heterocycles. The van der Waals surface area contributed by atoms with Crippen molar-refractivity contribution in [1.29, 1.82) is 0 Å². The van der Waals surface area contributed by atoms with Crippen LogP contribution in [-0.4, -0.2) is 40.1 Å². The summed E-state index contributed by atoms with van der Waals surface area (Å²) in [5.41, 5.74) is 1.60. The van der Waals surface area contributed by atoms with E-state index in [2.05, 4.69) is 25.8 Å². The number of amides is 2. The summed E-state index contributed by atoms with van der Waals surface area (Å²) in [4.78, 5) is 27.2. The first kappa shape index (κ1) is 15.7. The van der Waals surface area contributed by atoms with Crippen molar-refractivity contribution in [1.82, 2.24) is 25.8 Å². The van der Waals surface area contributed by atoms with E-state index in [-0.39, 0.29) is 11.8 Å². The van der Waals surface area contributed by atoms with Gasteiger partial charge in [-0.3, -0.25) is 19.7 Å². The lowest BCUT2D eigenvalue weighted by molar-refractivity contribution is -0.121. The van der Waals surface area contributed by atoms with Gasteiger partial charge >= 0.3 is 0 Å². The van der Waals surface area contributed by atoms with Crippen LogP contribution < -0.4 is 10.6 Å². The fourth-order valence-corrected chi connectivity index (χ4v) is 1.93. The molecule has 0 saturated heterocycles. The van der Waals surface area contributed by atoms with Crippen LogP contribution >= 0.6 is 0 Å². The Morgan fingerprint density at radius 2 is 2.05 bits per heavy atom. The van der Waals surface area contributed by atoms with Gasteiger partial charge in [-0.05, 0) is 30.5 Å². The van der Waals surface area contributed by atoms with Crippen molar-refractivity contribution >= 4 is 11.8 Å². The number of H-pyrrole nitrogens is 1. The Morgan fingerprint density at radius 3 is 2.77 bits per heavy atom. The minimum atomic E-state index is -0.192. The molecule has 0 bridgehead atoms. The van der Waals surface area contributed by atoms with Crippen molar-refractivity contribution < 1.29 is 9.59 Å². The number of carbonyl (C=O) groups is 2. The lowest BCUT2D eigenvalue weighted by Gasteiger charge is -2.07. The third-order valence-electron chi connectivity index (χ3n) is 3.08. The number of hydrogen-bond acceptors (Lipinski definition) is 4. The van der Waals surface area contributed by atoms with Crippen LogP contribution in [-0.2, 0) is 11.2 Å². The monoisotopic (exact) mass is 301 g/mol. The van der Waals surface area contributed by atoms with Gasteiger partial charge in [0.25, 0.3) is 5.91 Å². The van der Waals surface area contributed by atoms with E-state index in [1.54, 1.807) is 24.5 Å². The maximum atomic E-state index is 11.7. The molecule has 2 rings (SSSR count). The highest BCUT2D eigenvalue weighted by molar-refractivity contribution is 5.93. The number of pyridine rings is 1. The van der Waals surface area contributed by atoms with Gasteiger partial charge in [-0.1, -0.05) is 0 Å². The quantitative estimate of drug-likeness (QED) is 0.624. The lowest BCUT2D eigenvalue weighted by Crippen LogP contribution is -2.34. The second kappa shape index (κ2) is 8.56. The van der Waals surface area contributed by atoms with Crippen LogP contribution in [0.5, 0.6) is 0 Å². The molecule has 2 aromatic rings. The van der Waals surface area contributed by atoms with Gasteiger partial charge in [0.05, 0.1) is 11.8 Å². The summed E-state index contributed by atoms with van der Waals surface area (Å²) in [5.74, 6) is -0.207. The molecule has 0 aliphatic rings. The first-order chi connectivity index (χ1) is 10.8. The highest BCUT2D eigenvalue weighted by Crippen LogP contribution is 2.01. The molecule has 3 N–H and O–H groups in total. The molecule has 2 amide bonds. The standard InChI is InChI=1S/C15H19N5O2/c21-14(5-1-3-12-9-19-20-10-12)17-7-8-18-15(22)13-4-2-6-16-11-13/h2,4,6,9-11H,1,3,5,7-8H2,(H,17,21)(H,18,22)(H,19,20). The highest BCUT2D eigenvalue weighted by atomic mass is 16.2. The highest BCUT2D eigenvalue weighted by Gasteiger charge is 2.05. The molecule has 0 aliphatic carbocycles. The SMILES string of the molecule is O=C(CCCc1cn[nH]c1)NCCNC(=O)c1cccnc1. The van der Waals surface area contributed by atoms with E-state index < -0.39 is 0 Å². The Bertz CT molecular complexity index is 583. The largest absolute Gasteiger partial charge is 0.354 e. The molecule has 0 unspecified atom stereocenters. The van der Waals surface area contributed by atoms with Crippen molar-refractivity contribution in [2.75, 3.05) is 13.1 Å². The Balaban J connectivity index is 1.54. The maximum Gasteiger partial charge on any atom is 0.252 e. The molecule has 0 atom stereocenters. The molecule has 7 heteroatoms. The van der Waals surface area contributed by atoms with Gasteiger partial charge in [0.15, 0.2) is 0 Å². The number of aryl methyl sites for hydroxylation is 1. The predicted octanol–water partition coefficient (Wildman–Crippen LogP) is 0.674. The van der Waals surface area contributed by atoms with E-state index in [1.807, 2.05) is 6.20 Å². The average Bonchev–Trinajstić information content (AvgIpc) is 3.05. The molecular formula is C15H19N5O2. The Kier molecular flexibility index (Phi) is 6.10. The Morgan fingerprint density at radius 1 is 1.18 bits per heavy atom. The van der Waals surface area contributed by atoms with Crippen LogP contribution in [0.15, 0.2) is 36.9 Å². The molecule has 0 fully saturated rings. The zero-order chi connectivity index (χ0) is 15.6. The zero-order valence-electron chi connectivity index (χ0n) is 12.2. The van der Waals surface area contributed by atoms with E-state index in [4.69, 9.17) is 0 Å². The average molecular weight is 301 g/mol. The molecule has 2 heterocycles. The molecule has 0 radical (unpaired) electrons. The second-order valence-corrected chi connectivity index (χ2v) is 4.81. The summed E-state index contributed by atoms with van der Waals surface area (Å²) >= 11 is 0. The normalized spacial score (nSPS) is 10.2. The van der Waals surface area contributed by atoms with Gasteiger partial charge in [0.1, 0.15) is 0 Å². The van der Waals surface area contributed by atoms with E-state index in [0.29, 0.717) is 25.1 Å². The van der Waals surface area contributed by atoms with Crippen LogP contribution in [0.2, 0.25) is 0 Å². The number of nitrogens with one attached hydrogen (secondary N) is 3. The summed E-state index contributed by atoms with van der Waals surface area (Å²) < 4.78 is 0. The van der Waals surface area contributed by atoms with Crippen molar-refractivity contribution in [3.05, 3.63) is 48.0 Å². The number of aromatic nitrogens is 3. The Hall–Kier alpha value is -2.70. The van der Waals surface area contributed by atoms with E-state index >= 15 is 0 Å². The summed E-state index contributed by atoms with van der Waals surface area (Å²) in [7, 11) is 0. The van der Waals surface area contributed by atoms with Crippen LogP contribution in [0.3, 0.4) is 0 Å². The van der Waals surface area contributed by atoms with E-state index in [9.17, 15) is 9.59 Å². The first-order valence-corrected chi connectivity index (χ1v) is 7.18. The van der Waals surface area contributed by atoms with Crippen LogP contribution in [0.4, 0.5) is 0 Å². The van der Waals surface area contributed by atoms with Gasteiger partial charge in [-0.15, -0.1) is 0 Å². The van der Waals surface area contributed by atoms with Crippen molar-refractivity contribution in [2.45, 2.75) is 19.3 Å². The van der Waals surface area contributed by atoms with Crippen molar-refractivity contribution in [2.24, 2.45) is 0 Å². The number of nitrogens with zero attached hydrogens (tertiary/aromatic N) is 2. The van der Waals surface area contributed by atoms with Crippen LogP contribution in [0.25, 0.3) is 0 Å². The predicted molar refractivity (Wildman–Crippen MR) is 81.1 cm³/mol. The van der Waals surface area contributed by atoms with Crippen LogP contribution in [0.1, 0.15) is 28.8 Å². The third kappa shape index (κ3) is 5.35. The van der Waals surface area contributed by atoms with Gasteiger partial charge in [0, 0.05) is 38.1 Å². The van der Waals surface area contributed by atoms with Gasteiger partial charge in [-0.25, -0.2) is 0 Å². The lowest BCUT2D eigenvalue weighted by atomic mass is 10.1. The summed E-state index contributed by atoms with van der Waals surface area (Å²) in [6, 6.07) is 3.40. The van der Waals surface area contributed by atoms with E-state index in [0.717, 1.165) is 18.4 Å². The Labute approximate surface area is 128 Å². The fraction of sp³-hybridized carbons (Fsp3) is 0.333. The molecule has 7 nitrogen and oxygen atoms in total. The number of carbonyl (C=O) groups excluding carboxylic acids is 2. The van der Waals surface area contributed by atoms with Gasteiger partial charge < -0.3 is 10.6 Å². The summed E-state index contributed by atoms with van der Waals surface area (Å²) in [6.07, 6.45) is 8.75. The van der Waals surface area contributed by atoms with Gasteiger partial charge in [-0.2, -0.15) is 5.10 Å². The molecule has 2 aromatic heterocycles. The molecule has 0 aromatic carbocycles. The number of hydrogen-bond donors (Lipinski definition) is 3. The van der Waals surface area contributed by atoms with Crippen molar-refractivity contribution in [3.63, 3.8) is 0 Å². The van der Waals surface area contributed by atoms with Crippen LogP contribution in [0, 0.1) is 0 Å². The fourth-order valence-electron chi connectivity index (χ4n) is 1.93. The second-order valence-electron chi connectivity index (χ2n) is 4.81. The smallest absolute Gasteiger partial charge is 0.252 e. The minimum Gasteiger partial charge on any atom is -0.354 e. The number of aromatic amines is 1. The summed E-state index contributed by atoms with van der Waals surface area (Å²) in [5, 5.41) is 12.1. The molecule has 0 saturated carbocycles. The first-order valence-electron chi connectivity index (χ1n) is 7.18. The van der Waals surface area contributed by atoms with Gasteiger partial charge in [0.2, 0.25) is 5.91 Å². The molecule has 116 valence electrons. The number of rotatable bonds is 8.